The molecule has 0 saturated carbocycles. The zero-order valence-corrected chi connectivity index (χ0v) is 22.5. The van der Waals surface area contributed by atoms with E-state index in [0.29, 0.717) is 35.7 Å². The summed E-state index contributed by atoms with van der Waals surface area (Å²) in [4.78, 5) is 12.6. The van der Waals surface area contributed by atoms with Gasteiger partial charge < -0.3 is 24.8 Å². The summed E-state index contributed by atoms with van der Waals surface area (Å²) in [7, 11) is 3.11. The molecular formula is C31H33N5O3. The molecule has 1 aromatic heterocycles. The summed E-state index contributed by atoms with van der Waals surface area (Å²) in [5.41, 5.74) is 12.0. The van der Waals surface area contributed by atoms with Gasteiger partial charge >= 0.3 is 5.97 Å². The molecule has 4 N–H and O–H groups in total. The second-order valence-electron chi connectivity index (χ2n) is 10.1. The lowest BCUT2D eigenvalue weighted by molar-refractivity contribution is 0.0553. The van der Waals surface area contributed by atoms with Gasteiger partial charge in [-0.2, -0.15) is 5.26 Å². The van der Waals surface area contributed by atoms with Gasteiger partial charge in [0.05, 0.1) is 47.1 Å². The topological polar surface area (TPSA) is 120 Å². The Bertz CT molecular complexity index is 1600. The van der Waals surface area contributed by atoms with Gasteiger partial charge in [-0.3, -0.25) is 0 Å². The summed E-state index contributed by atoms with van der Waals surface area (Å²) in [5.74, 6) is 6.06. The highest BCUT2D eigenvalue weighted by Gasteiger charge is 2.31. The lowest BCUT2D eigenvalue weighted by Gasteiger charge is -2.33. The average molecular weight is 524 g/mol. The van der Waals surface area contributed by atoms with Crippen molar-refractivity contribution in [3.05, 3.63) is 88.6 Å². The molecule has 1 atom stereocenters. The molecular weight excluding hydrogens is 490 g/mol. The Morgan fingerprint density at radius 1 is 1.10 bits per heavy atom. The fraction of sp³-hybridized carbons (Fsp3) is 0.290. The van der Waals surface area contributed by atoms with Crippen molar-refractivity contribution in [2.24, 2.45) is 17.5 Å². The van der Waals surface area contributed by atoms with Crippen LogP contribution in [0.4, 0.5) is 0 Å². The first-order valence-electron chi connectivity index (χ1n) is 13.0. The molecule has 3 aromatic carbocycles. The van der Waals surface area contributed by atoms with Gasteiger partial charge in [-0.1, -0.05) is 36.4 Å². The number of fused-ring (bicyclic) bond motifs is 3. The molecule has 2 heterocycles. The van der Waals surface area contributed by atoms with Crippen LogP contribution in [0.1, 0.15) is 52.9 Å². The highest BCUT2D eigenvalue weighted by atomic mass is 16.5. The van der Waals surface area contributed by atoms with Crippen LogP contribution in [0.15, 0.2) is 66.4 Å². The van der Waals surface area contributed by atoms with Gasteiger partial charge in [-0.05, 0) is 55.5 Å². The summed E-state index contributed by atoms with van der Waals surface area (Å²) in [6.45, 7) is 3.16. The number of aromatic nitrogens is 1. The number of methoxy groups -OCH3 is 1. The third-order valence-corrected chi connectivity index (χ3v) is 7.58. The number of carbonyl (C=O) groups excluding carboxylic acids is 1. The van der Waals surface area contributed by atoms with E-state index in [-0.39, 0.29) is 12.0 Å². The summed E-state index contributed by atoms with van der Waals surface area (Å²) >= 11 is 0. The van der Waals surface area contributed by atoms with Crippen molar-refractivity contribution in [2.45, 2.75) is 25.8 Å². The minimum atomic E-state index is -0.411. The number of allylic oxidation sites excluding steroid dienone is 1. The lowest BCUT2D eigenvalue weighted by Crippen LogP contribution is -2.27. The van der Waals surface area contributed by atoms with Crippen molar-refractivity contribution in [1.29, 1.82) is 5.26 Å². The number of nitriles is 1. The lowest BCUT2D eigenvalue weighted by atomic mass is 9.86. The van der Waals surface area contributed by atoms with E-state index in [4.69, 9.17) is 21.1 Å². The van der Waals surface area contributed by atoms with E-state index in [1.807, 2.05) is 36.4 Å². The van der Waals surface area contributed by atoms with Crippen LogP contribution < -0.4 is 11.6 Å². The molecule has 1 aliphatic heterocycles. The molecule has 8 heteroatoms. The standard InChI is InChI=1S/C31H33N5O3/c1-19(33)29(35(2)34)23-15-24(18-32)28-25-10-9-22(31(37)38-3)16-26(25)36(27(28)17-23)30(20-7-5-4-6-8-20)21-11-13-39-14-12-21/h4-10,15-17,21,30H,11-14,33-34H2,1-3H3/b29-19-. The van der Waals surface area contributed by atoms with Crippen LogP contribution in [-0.4, -0.2) is 42.9 Å². The zero-order chi connectivity index (χ0) is 27.7. The quantitative estimate of drug-likeness (QED) is 0.209. The minimum absolute atomic E-state index is 0.0631. The first kappa shape index (κ1) is 26.3. The number of hydrogen-bond donors (Lipinski definition) is 2. The maximum absolute atomic E-state index is 12.6. The van der Waals surface area contributed by atoms with Crippen molar-refractivity contribution >= 4 is 33.5 Å². The average Bonchev–Trinajstić information content (AvgIpc) is 3.26. The number of nitrogens with zero attached hydrogens (tertiary/aromatic N) is 3. The van der Waals surface area contributed by atoms with Gasteiger partial charge in [-0.25, -0.2) is 10.6 Å². The zero-order valence-electron chi connectivity index (χ0n) is 22.5. The predicted molar refractivity (Wildman–Crippen MR) is 152 cm³/mol. The fourth-order valence-corrected chi connectivity index (χ4v) is 5.96. The predicted octanol–water partition coefficient (Wildman–Crippen LogP) is 4.92. The Labute approximate surface area is 228 Å². The van der Waals surface area contributed by atoms with E-state index in [1.54, 1.807) is 20.0 Å². The van der Waals surface area contributed by atoms with Gasteiger partial charge in [0.1, 0.15) is 0 Å². The second-order valence-corrected chi connectivity index (χ2v) is 10.1. The molecule has 4 aromatic rings. The van der Waals surface area contributed by atoms with Crippen LogP contribution in [-0.2, 0) is 9.47 Å². The Kier molecular flexibility index (Phi) is 7.29. The van der Waals surface area contributed by atoms with Crippen LogP contribution in [0, 0.1) is 17.2 Å². The van der Waals surface area contributed by atoms with E-state index in [9.17, 15) is 10.1 Å². The third kappa shape index (κ3) is 4.71. The number of carbonyl (C=O) groups is 1. The number of benzene rings is 3. The Morgan fingerprint density at radius 3 is 2.41 bits per heavy atom. The minimum Gasteiger partial charge on any atom is -0.465 e. The first-order valence-corrected chi connectivity index (χ1v) is 13.0. The number of esters is 1. The molecule has 8 nitrogen and oxygen atoms in total. The van der Waals surface area contributed by atoms with Crippen molar-refractivity contribution < 1.29 is 14.3 Å². The van der Waals surface area contributed by atoms with Crippen LogP contribution in [0.5, 0.6) is 0 Å². The third-order valence-electron chi connectivity index (χ3n) is 7.58. The molecule has 0 bridgehead atoms. The number of hydrazine groups is 1. The first-order chi connectivity index (χ1) is 18.8. The number of rotatable bonds is 6. The number of ether oxygens (including phenoxy) is 2. The van der Waals surface area contributed by atoms with Crippen molar-refractivity contribution in [3.63, 3.8) is 0 Å². The number of hydrogen-bond acceptors (Lipinski definition) is 7. The summed E-state index contributed by atoms with van der Waals surface area (Å²) in [6.07, 6.45) is 1.78. The van der Waals surface area contributed by atoms with E-state index in [1.165, 1.54) is 12.1 Å². The van der Waals surface area contributed by atoms with Crippen molar-refractivity contribution in [1.82, 2.24) is 9.58 Å². The largest absolute Gasteiger partial charge is 0.465 e. The Balaban J connectivity index is 1.94. The monoisotopic (exact) mass is 523 g/mol. The van der Waals surface area contributed by atoms with Crippen molar-refractivity contribution in [3.8, 4) is 6.07 Å². The highest BCUT2D eigenvalue weighted by Crippen LogP contribution is 2.43. The Hall–Kier alpha value is -4.32. The molecule has 5 rings (SSSR count). The summed E-state index contributed by atoms with van der Waals surface area (Å²) in [6, 6.07) is 22.1. The van der Waals surface area contributed by atoms with Gasteiger partial charge in [0.15, 0.2) is 0 Å². The molecule has 1 fully saturated rings. The molecule has 1 saturated heterocycles. The van der Waals surface area contributed by atoms with Crippen LogP contribution in [0.2, 0.25) is 0 Å². The highest BCUT2D eigenvalue weighted by molar-refractivity contribution is 6.13. The van der Waals surface area contributed by atoms with Crippen LogP contribution in [0.3, 0.4) is 0 Å². The summed E-state index contributed by atoms with van der Waals surface area (Å²) < 4.78 is 13.1. The van der Waals surface area contributed by atoms with Gasteiger partial charge in [0.2, 0.25) is 0 Å². The molecule has 39 heavy (non-hydrogen) atoms. The van der Waals surface area contributed by atoms with Crippen LogP contribution in [0.25, 0.3) is 27.5 Å². The Morgan fingerprint density at radius 2 is 1.79 bits per heavy atom. The van der Waals surface area contributed by atoms with Gasteiger partial charge in [0, 0.05) is 42.3 Å². The molecule has 200 valence electrons. The molecule has 1 unspecified atom stereocenters. The SMILES string of the molecule is COC(=O)c1ccc2c3c(C#N)cc(/C(=C(\C)N)N(C)N)cc3n(C(c3ccccc3)C3CCOCC3)c2c1. The smallest absolute Gasteiger partial charge is 0.337 e. The van der Waals surface area contributed by atoms with Gasteiger partial charge in [0.25, 0.3) is 0 Å². The second kappa shape index (κ2) is 10.8. The fourth-order valence-electron chi connectivity index (χ4n) is 5.96. The molecule has 0 spiro atoms. The van der Waals surface area contributed by atoms with Crippen molar-refractivity contribution in [2.75, 3.05) is 27.4 Å². The maximum Gasteiger partial charge on any atom is 0.337 e. The van der Waals surface area contributed by atoms with E-state index < -0.39 is 5.97 Å². The molecule has 0 aliphatic carbocycles. The molecule has 0 amide bonds. The van der Waals surface area contributed by atoms with Gasteiger partial charge in [-0.15, -0.1) is 0 Å². The molecule has 1 aliphatic rings. The van der Waals surface area contributed by atoms with E-state index in [2.05, 4.69) is 28.8 Å². The van der Waals surface area contributed by atoms with E-state index >= 15 is 0 Å². The molecule has 0 radical (unpaired) electrons. The van der Waals surface area contributed by atoms with Crippen LogP contribution >= 0.6 is 0 Å². The van der Waals surface area contributed by atoms with E-state index in [0.717, 1.165) is 45.8 Å². The summed E-state index contributed by atoms with van der Waals surface area (Å²) in [5, 5.41) is 13.5. The maximum atomic E-state index is 12.6. The number of nitrogens with two attached hydrogens (primary N) is 2. The normalized spacial score (nSPS) is 15.6.